The van der Waals surface area contributed by atoms with E-state index in [9.17, 15) is 14.3 Å². The topological polar surface area (TPSA) is 49.8 Å². The van der Waals surface area contributed by atoms with Crippen LogP contribution in [0.5, 0.6) is 0 Å². The van der Waals surface area contributed by atoms with Crippen molar-refractivity contribution < 1.29 is 19.0 Å². The van der Waals surface area contributed by atoms with E-state index in [4.69, 9.17) is 16.3 Å². The van der Waals surface area contributed by atoms with Crippen molar-refractivity contribution in [1.82, 2.24) is 4.90 Å². The van der Waals surface area contributed by atoms with Crippen LogP contribution in [0.2, 0.25) is 5.02 Å². The Labute approximate surface area is 180 Å². The van der Waals surface area contributed by atoms with E-state index in [2.05, 4.69) is 0 Å². The van der Waals surface area contributed by atoms with Crippen LogP contribution in [0.4, 0.5) is 4.39 Å². The van der Waals surface area contributed by atoms with Gasteiger partial charge < -0.3 is 14.7 Å². The van der Waals surface area contributed by atoms with Gasteiger partial charge in [-0.2, -0.15) is 0 Å². The van der Waals surface area contributed by atoms with Gasteiger partial charge in [0, 0.05) is 24.5 Å². The molecule has 3 aliphatic rings. The average Bonchev–Trinajstić information content (AvgIpc) is 3.49. The van der Waals surface area contributed by atoms with Crippen molar-refractivity contribution in [2.45, 2.75) is 48.7 Å². The fourth-order valence-electron chi connectivity index (χ4n) is 5.11. The number of hydrogen-bond acceptors (Lipinski definition) is 3. The molecule has 1 spiro atoms. The lowest BCUT2D eigenvalue weighted by Gasteiger charge is -2.40. The number of halogens is 2. The molecule has 0 aromatic heterocycles. The van der Waals surface area contributed by atoms with Gasteiger partial charge in [-0.1, -0.05) is 35.9 Å². The number of hydrogen-bond donors (Lipinski definition) is 1. The van der Waals surface area contributed by atoms with Gasteiger partial charge in [-0.15, -0.1) is 0 Å². The van der Waals surface area contributed by atoms with E-state index in [1.165, 1.54) is 12.1 Å². The first-order chi connectivity index (χ1) is 14.3. The van der Waals surface area contributed by atoms with E-state index in [1.807, 2.05) is 29.2 Å². The fraction of sp³-hybridized carbons (Fsp3) is 0.458. The number of aliphatic hydroxyl groups is 1. The molecule has 1 saturated carbocycles. The van der Waals surface area contributed by atoms with Crippen LogP contribution in [0, 0.1) is 5.82 Å². The summed E-state index contributed by atoms with van der Waals surface area (Å²) < 4.78 is 19.4. The summed E-state index contributed by atoms with van der Waals surface area (Å²) in [5.74, 6) is -0.135. The molecular formula is C24H25ClFNO3. The highest BCUT2D eigenvalue weighted by atomic mass is 35.5. The van der Waals surface area contributed by atoms with Crippen LogP contribution in [-0.2, 0) is 20.5 Å². The minimum atomic E-state index is -1.11. The van der Waals surface area contributed by atoms with Crippen molar-refractivity contribution in [3.8, 4) is 0 Å². The molecule has 2 heterocycles. The van der Waals surface area contributed by atoms with Gasteiger partial charge in [-0.3, -0.25) is 4.79 Å². The summed E-state index contributed by atoms with van der Waals surface area (Å²) in [4.78, 5) is 15.3. The van der Waals surface area contributed by atoms with Gasteiger partial charge in [0.25, 0.3) is 0 Å². The summed E-state index contributed by atoms with van der Waals surface area (Å²) in [6.07, 6.45) is 3.60. The number of likely N-dealkylation sites (tertiary alicyclic amines) is 1. The third-order valence-corrected chi connectivity index (χ3v) is 7.38. The van der Waals surface area contributed by atoms with Gasteiger partial charge >= 0.3 is 0 Å². The number of nitrogens with zero attached hydrogens (tertiary/aromatic N) is 1. The van der Waals surface area contributed by atoms with E-state index in [0.717, 1.165) is 18.4 Å². The number of carbonyl (C=O) groups is 1. The van der Waals surface area contributed by atoms with Gasteiger partial charge in [-0.05, 0) is 61.1 Å². The van der Waals surface area contributed by atoms with Gasteiger partial charge in [0.15, 0.2) is 0 Å². The monoisotopic (exact) mass is 429 g/mol. The Bertz CT molecular complexity index is 949. The van der Waals surface area contributed by atoms with Crippen molar-refractivity contribution in [2.24, 2.45) is 0 Å². The molecule has 1 aliphatic carbocycles. The SMILES string of the molecule is O=C(N1CCC2(CC1)CC(O)(c1ccc(F)cc1)CO2)C1(c2ccc(Cl)cc2)CC1. The van der Waals surface area contributed by atoms with E-state index < -0.39 is 16.6 Å². The maximum Gasteiger partial charge on any atom is 0.233 e. The van der Waals surface area contributed by atoms with Crippen molar-refractivity contribution in [1.29, 1.82) is 0 Å². The number of carbonyl (C=O) groups excluding carboxylic acids is 1. The van der Waals surface area contributed by atoms with Crippen LogP contribution in [0.25, 0.3) is 0 Å². The summed E-state index contributed by atoms with van der Waals surface area (Å²) in [7, 11) is 0. The molecule has 30 heavy (non-hydrogen) atoms. The van der Waals surface area contributed by atoms with Crippen molar-refractivity contribution in [2.75, 3.05) is 19.7 Å². The lowest BCUT2D eigenvalue weighted by Crippen LogP contribution is -2.49. The lowest BCUT2D eigenvalue weighted by atomic mass is 9.80. The largest absolute Gasteiger partial charge is 0.383 e. The van der Waals surface area contributed by atoms with Crippen LogP contribution in [0.3, 0.4) is 0 Å². The molecule has 3 fully saturated rings. The second-order valence-corrected chi connectivity index (χ2v) is 9.50. The minimum Gasteiger partial charge on any atom is -0.383 e. The van der Waals surface area contributed by atoms with E-state index in [1.54, 1.807) is 12.1 Å². The third kappa shape index (κ3) is 3.33. The molecule has 2 aromatic rings. The van der Waals surface area contributed by atoms with Crippen molar-refractivity contribution in [3.05, 3.63) is 70.5 Å². The van der Waals surface area contributed by atoms with Gasteiger partial charge in [0.05, 0.1) is 17.6 Å². The van der Waals surface area contributed by atoms with E-state index >= 15 is 0 Å². The summed E-state index contributed by atoms with van der Waals surface area (Å²) in [5.41, 5.74) is -0.225. The van der Waals surface area contributed by atoms with E-state index in [0.29, 0.717) is 42.9 Å². The van der Waals surface area contributed by atoms with Gasteiger partial charge in [-0.25, -0.2) is 4.39 Å². The second kappa shape index (κ2) is 7.04. The predicted octanol–water partition coefficient (Wildman–Crippen LogP) is 4.18. The lowest BCUT2D eigenvalue weighted by molar-refractivity contribution is -0.138. The predicted molar refractivity (Wildman–Crippen MR) is 112 cm³/mol. The Hall–Kier alpha value is -1.95. The molecule has 158 valence electrons. The maximum absolute atomic E-state index is 13.3. The molecule has 1 N–H and O–H groups in total. The number of amides is 1. The first kappa shape index (κ1) is 20.0. The molecule has 6 heteroatoms. The molecule has 1 unspecified atom stereocenters. The zero-order valence-electron chi connectivity index (χ0n) is 16.7. The molecule has 5 rings (SSSR count). The highest BCUT2D eigenvalue weighted by Gasteiger charge is 2.55. The normalized spacial score (nSPS) is 26.7. The summed E-state index contributed by atoms with van der Waals surface area (Å²) in [5, 5.41) is 11.8. The van der Waals surface area contributed by atoms with Crippen molar-refractivity contribution >= 4 is 17.5 Å². The Kier molecular flexibility index (Phi) is 4.69. The molecule has 4 nitrogen and oxygen atoms in total. The average molecular weight is 430 g/mol. The van der Waals surface area contributed by atoms with Crippen LogP contribution in [-0.4, -0.2) is 41.2 Å². The molecule has 1 amide bonds. The highest BCUT2D eigenvalue weighted by molar-refractivity contribution is 6.30. The summed E-state index contributed by atoms with van der Waals surface area (Å²) in [6, 6.07) is 13.6. The van der Waals surface area contributed by atoms with E-state index in [-0.39, 0.29) is 18.3 Å². The fourth-order valence-corrected chi connectivity index (χ4v) is 5.24. The molecule has 2 aliphatic heterocycles. The van der Waals surface area contributed by atoms with Crippen LogP contribution < -0.4 is 0 Å². The standard InChI is InChI=1S/C24H25ClFNO3/c25-19-5-1-17(2-6-19)23(9-10-23)21(28)27-13-11-22(12-14-27)15-24(29,16-30-22)18-3-7-20(26)8-4-18/h1-8,29H,9-16H2. The van der Waals surface area contributed by atoms with Crippen molar-refractivity contribution in [3.63, 3.8) is 0 Å². The summed E-state index contributed by atoms with van der Waals surface area (Å²) >= 11 is 6.01. The van der Waals surface area contributed by atoms with Crippen LogP contribution >= 0.6 is 11.6 Å². The number of ether oxygens (including phenoxy) is 1. The molecular weight excluding hydrogens is 405 g/mol. The molecule has 2 aromatic carbocycles. The smallest absolute Gasteiger partial charge is 0.233 e. The van der Waals surface area contributed by atoms with Gasteiger partial charge in [0.1, 0.15) is 11.4 Å². The highest BCUT2D eigenvalue weighted by Crippen LogP contribution is 2.51. The second-order valence-electron chi connectivity index (χ2n) is 9.07. The Morgan fingerprint density at radius 2 is 1.57 bits per heavy atom. The van der Waals surface area contributed by atoms with Crippen LogP contribution in [0.15, 0.2) is 48.5 Å². The molecule has 1 atom stereocenters. The number of benzene rings is 2. The number of piperidine rings is 1. The zero-order valence-corrected chi connectivity index (χ0v) is 17.5. The zero-order chi connectivity index (χ0) is 21.0. The molecule has 0 bridgehead atoms. The Morgan fingerprint density at radius 3 is 2.17 bits per heavy atom. The van der Waals surface area contributed by atoms with Gasteiger partial charge in [0.2, 0.25) is 5.91 Å². The summed E-state index contributed by atoms with van der Waals surface area (Å²) in [6.45, 7) is 1.43. The Morgan fingerprint density at radius 1 is 0.967 bits per heavy atom. The molecule has 0 radical (unpaired) electrons. The maximum atomic E-state index is 13.3. The Balaban J connectivity index is 1.26. The minimum absolute atomic E-state index is 0.187. The third-order valence-electron chi connectivity index (χ3n) is 7.13. The molecule has 2 saturated heterocycles. The van der Waals surface area contributed by atoms with Crippen LogP contribution in [0.1, 0.15) is 43.2 Å². The quantitative estimate of drug-likeness (QED) is 0.796. The first-order valence-corrected chi connectivity index (χ1v) is 10.9. The first-order valence-electron chi connectivity index (χ1n) is 10.5. The number of rotatable bonds is 3.